The molecule has 0 bridgehead atoms. The number of aliphatic hydroxyl groups excluding tert-OH is 1. The Morgan fingerprint density at radius 3 is 2.69 bits per heavy atom. The molecule has 5 atom stereocenters. The summed E-state index contributed by atoms with van der Waals surface area (Å²) in [6.07, 6.45) is 8.24. The number of fused-ring (bicyclic) bond motifs is 2. The van der Waals surface area contributed by atoms with Gasteiger partial charge in [-0.25, -0.2) is 4.79 Å². The summed E-state index contributed by atoms with van der Waals surface area (Å²) in [5.41, 5.74) is 2.29. The Balaban J connectivity index is 1.72. The molecule has 0 aromatic heterocycles. The van der Waals surface area contributed by atoms with Crippen LogP contribution in [-0.2, 0) is 27.2 Å². The molecule has 0 saturated heterocycles. The average Bonchev–Trinajstić information content (AvgIpc) is 3.10. The van der Waals surface area contributed by atoms with Gasteiger partial charge in [-0.05, 0) is 73.5 Å². The van der Waals surface area contributed by atoms with Crippen LogP contribution in [0.1, 0.15) is 76.3 Å². The number of benzene rings is 1. The molecule has 2 N–H and O–H groups in total. The lowest BCUT2D eigenvalue weighted by molar-refractivity contribution is -0.151. The number of aliphatic carboxylic acids is 1. The Kier molecular flexibility index (Phi) is 8.97. The van der Waals surface area contributed by atoms with Gasteiger partial charge in [0.2, 0.25) is 0 Å². The van der Waals surface area contributed by atoms with E-state index in [1.54, 1.807) is 0 Å². The van der Waals surface area contributed by atoms with Crippen LogP contribution >= 0.6 is 0 Å². The highest BCUT2D eigenvalue weighted by Gasteiger charge is 2.47. The molecule has 0 aliphatic heterocycles. The van der Waals surface area contributed by atoms with Crippen molar-refractivity contribution in [2.75, 3.05) is 6.61 Å². The standard InChI is InChI=1S/C26H38O6/c1-3-5-6-9-19(27)11-12-20-21-13-17-8-7-10-23(31-16-25(28)29)22(17)14-18(21)15-24(20)32-26(30)4-2/h7-8,10,18-21,24,27H,3-6,9,11-16H2,1-2H3,(H,28,29)/t18-,19-,20+,21-,24+/m0/s1. The quantitative estimate of drug-likeness (QED) is 0.362. The lowest BCUT2D eigenvalue weighted by Crippen LogP contribution is -2.29. The van der Waals surface area contributed by atoms with Crippen molar-refractivity contribution in [3.8, 4) is 5.75 Å². The Morgan fingerprint density at radius 1 is 1.16 bits per heavy atom. The van der Waals surface area contributed by atoms with E-state index in [-0.39, 0.29) is 30.7 Å². The molecule has 2 aliphatic rings. The van der Waals surface area contributed by atoms with Crippen molar-refractivity contribution in [1.82, 2.24) is 0 Å². The topological polar surface area (TPSA) is 93.1 Å². The van der Waals surface area contributed by atoms with Crippen LogP contribution < -0.4 is 4.74 Å². The van der Waals surface area contributed by atoms with Gasteiger partial charge in [-0.1, -0.05) is 45.2 Å². The highest BCUT2D eigenvalue weighted by molar-refractivity contribution is 5.69. The minimum atomic E-state index is -0.985. The fourth-order valence-electron chi connectivity index (χ4n) is 5.60. The number of unbranched alkanes of at least 4 members (excludes halogenated alkanes) is 2. The predicted molar refractivity (Wildman–Crippen MR) is 122 cm³/mol. The van der Waals surface area contributed by atoms with Crippen LogP contribution in [0, 0.1) is 17.8 Å². The highest BCUT2D eigenvalue weighted by atomic mass is 16.5. The van der Waals surface area contributed by atoms with Crippen molar-refractivity contribution < 1.29 is 29.3 Å². The first kappa shape index (κ1) is 24.6. The summed E-state index contributed by atoms with van der Waals surface area (Å²) in [5, 5.41) is 19.5. The van der Waals surface area contributed by atoms with Gasteiger partial charge in [0, 0.05) is 6.42 Å². The Bertz CT molecular complexity index is 776. The molecule has 2 aliphatic carbocycles. The van der Waals surface area contributed by atoms with Crippen molar-refractivity contribution in [3.05, 3.63) is 29.3 Å². The van der Waals surface area contributed by atoms with Crippen molar-refractivity contribution >= 4 is 11.9 Å². The van der Waals surface area contributed by atoms with Crippen molar-refractivity contribution in [1.29, 1.82) is 0 Å². The van der Waals surface area contributed by atoms with Crippen LogP contribution in [0.3, 0.4) is 0 Å². The van der Waals surface area contributed by atoms with Crippen molar-refractivity contribution in [2.24, 2.45) is 17.8 Å². The number of rotatable bonds is 12. The third kappa shape index (κ3) is 6.25. The van der Waals surface area contributed by atoms with Crippen LogP contribution in [0.4, 0.5) is 0 Å². The normalized spacial score (nSPS) is 25.0. The smallest absolute Gasteiger partial charge is 0.341 e. The number of esters is 1. The number of carboxylic acids is 1. The van der Waals surface area contributed by atoms with Gasteiger partial charge in [0.05, 0.1) is 6.10 Å². The maximum absolute atomic E-state index is 12.1. The van der Waals surface area contributed by atoms with Gasteiger partial charge >= 0.3 is 11.9 Å². The minimum absolute atomic E-state index is 0.113. The largest absolute Gasteiger partial charge is 0.482 e. The lowest BCUT2D eigenvalue weighted by Gasteiger charge is -2.32. The van der Waals surface area contributed by atoms with Crippen LogP contribution in [0.5, 0.6) is 5.75 Å². The lowest BCUT2D eigenvalue weighted by atomic mass is 9.73. The van der Waals surface area contributed by atoms with Gasteiger partial charge in [0.15, 0.2) is 6.61 Å². The first-order valence-electron chi connectivity index (χ1n) is 12.3. The van der Waals surface area contributed by atoms with Crippen LogP contribution in [0.2, 0.25) is 0 Å². The first-order valence-corrected chi connectivity index (χ1v) is 12.3. The van der Waals surface area contributed by atoms with Gasteiger partial charge in [-0.15, -0.1) is 0 Å². The molecule has 0 spiro atoms. The summed E-state index contributed by atoms with van der Waals surface area (Å²) in [6.45, 7) is 3.63. The van der Waals surface area contributed by atoms with E-state index in [2.05, 4.69) is 13.0 Å². The monoisotopic (exact) mass is 446 g/mol. The number of carbonyl (C=O) groups excluding carboxylic acids is 1. The molecule has 0 amide bonds. The summed E-state index contributed by atoms with van der Waals surface area (Å²) in [4.78, 5) is 23.1. The second kappa shape index (κ2) is 11.7. The molecule has 3 rings (SSSR count). The van der Waals surface area contributed by atoms with Crippen molar-refractivity contribution in [2.45, 2.75) is 90.3 Å². The zero-order valence-electron chi connectivity index (χ0n) is 19.4. The molecule has 32 heavy (non-hydrogen) atoms. The molecule has 0 radical (unpaired) electrons. The third-order valence-electron chi connectivity index (χ3n) is 7.22. The molecular formula is C26H38O6. The van der Waals surface area contributed by atoms with Gasteiger partial charge in [-0.2, -0.15) is 0 Å². The van der Waals surface area contributed by atoms with E-state index in [1.807, 2.05) is 19.1 Å². The van der Waals surface area contributed by atoms with E-state index < -0.39 is 5.97 Å². The Labute approximate surface area is 191 Å². The average molecular weight is 447 g/mol. The molecule has 1 aromatic rings. The summed E-state index contributed by atoms with van der Waals surface area (Å²) in [7, 11) is 0. The molecule has 0 unspecified atom stereocenters. The van der Waals surface area contributed by atoms with Crippen LogP contribution in [0.25, 0.3) is 0 Å². The molecule has 1 aromatic carbocycles. The number of ether oxygens (including phenoxy) is 2. The van der Waals surface area contributed by atoms with Gasteiger partial charge in [0.25, 0.3) is 0 Å². The minimum Gasteiger partial charge on any atom is -0.482 e. The summed E-state index contributed by atoms with van der Waals surface area (Å²) in [5.74, 6) is 0.517. The molecule has 178 valence electrons. The zero-order chi connectivity index (χ0) is 23.1. The SMILES string of the molecule is CCCCC[C@H](O)CC[C@@H]1[C@H]2Cc3cccc(OCC(=O)O)c3C[C@H]2C[C@H]1OC(=O)CC. The molecule has 1 saturated carbocycles. The molecule has 6 heteroatoms. The maximum Gasteiger partial charge on any atom is 0.341 e. The molecule has 6 nitrogen and oxygen atoms in total. The van der Waals surface area contributed by atoms with E-state index in [0.29, 0.717) is 24.0 Å². The fraction of sp³-hybridized carbons (Fsp3) is 0.692. The van der Waals surface area contributed by atoms with Crippen molar-refractivity contribution in [3.63, 3.8) is 0 Å². The number of carboxylic acid groups (broad SMARTS) is 1. The Morgan fingerprint density at radius 2 is 1.97 bits per heavy atom. The van der Waals surface area contributed by atoms with E-state index >= 15 is 0 Å². The second-order valence-electron chi connectivity index (χ2n) is 9.42. The fourth-order valence-corrected chi connectivity index (χ4v) is 5.60. The first-order chi connectivity index (χ1) is 15.4. The molecular weight excluding hydrogens is 408 g/mol. The summed E-state index contributed by atoms with van der Waals surface area (Å²) in [6, 6.07) is 5.86. The number of hydrogen-bond acceptors (Lipinski definition) is 5. The van der Waals surface area contributed by atoms with E-state index in [9.17, 15) is 14.7 Å². The number of aliphatic hydroxyl groups is 1. The van der Waals surface area contributed by atoms with Gasteiger partial charge in [-0.3, -0.25) is 4.79 Å². The van der Waals surface area contributed by atoms with Gasteiger partial charge in [0.1, 0.15) is 11.9 Å². The molecule has 0 heterocycles. The zero-order valence-corrected chi connectivity index (χ0v) is 19.4. The molecule has 1 fully saturated rings. The van der Waals surface area contributed by atoms with Gasteiger partial charge < -0.3 is 19.7 Å². The number of carbonyl (C=O) groups is 2. The summed E-state index contributed by atoms with van der Waals surface area (Å²) >= 11 is 0. The van der Waals surface area contributed by atoms with E-state index in [0.717, 1.165) is 63.4 Å². The predicted octanol–water partition coefficient (Wildman–Crippen LogP) is 4.54. The maximum atomic E-state index is 12.1. The van der Waals surface area contributed by atoms with E-state index in [4.69, 9.17) is 14.6 Å². The third-order valence-corrected chi connectivity index (χ3v) is 7.22. The van der Waals surface area contributed by atoms with Crippen LogP contribution in [0.15, 0.2) is 18.2 Å². The Hall–Kier alpha value is -2.08. The highest BCUT2D eigenvalue weighted by Crippen LogP contribution is 2.49. The van der Waals surface area contributed by atoms with Crippen LogP contribution in [-0.4, -0.2) is 41.0 Å². The second-order valence-corrected chi connectivity index (χ2v) is 9.42. The van der Waals surface area contributed by atoms with E-state index in [1.165, 1.54) is 5.56 Å². The number of hydrogen-bond donors (Lipinski definition) is 2. The summed E-state index contributed by atoms with van der Waals surface area (Å²) < 4.78 is 11.4.